The SMILES string of the molecule is CC.CC.CC.CO.CO[C@]1(C)C[C@@H](C)C(=O)C(C)C(O)[C@](C)(O)COC(=O)C(C)[C@@H](O[C@H]2CC(C)CC(C)O2)[C@H](C)[C@H]1OC1CC(N(C)C)CC(C)O1. The Morgan fingerprint density at radius 1 is 0.759 bits per heavy atom. The maximum Gasteiger partial charge on any atom is 0.311 e. The first-order valence-electron chi connectivity index (χ1n) is 20.7. The number of hydrogen-bond donors (Lipinski definition) is 3. The minimum Gasteiger partial charge on any atom is -0.462 e. The lowest BCUT2D eigenvalue weighted by atomic mass is 9.74. The maximum absolute atomic E-state index is 13.7. The molecule has 0 aromatic rings. The standard InChI is InChI=1S/C35H63NO10.3C2H6.CH4O/c1-19-13-21(3)43-27(14-19)45-30-24(6)32(46-28-16-26(36(10)11)15-22(4)44-28)35(9,41-12)17-20(2)29(37)23(5)31(38)34(8,40)18-42-33(39)25(30)7;4*1-2/h19-28,30-32,38,40H,13-18H2,1-12H3;3*1-2H3;2H,1H3/t19?,20-,21?,22?,23?,24+,25?,26?,27+,28?,30+,31?,32-,34-,35-;;;;/m1..../s1. The predicted molar refractivity (Wildman–Crippen MR) is 215 cm³/mol. The molecule has 3 saturated heterocycles. The Balaban J connectivity index is 0. The molecule has 3 aliphatic rings. The highest BCUT2D eigenvalue weighted by molar-refractivity contribution is 5.83. The molecule has 0 radical (unpaired) electrons. The van der Waals surface area contributed by atoms with Crippen LogP contribution in [0, 0.1) is 29.6 Å². The summed E-state index contributed by atoms with van der Waals surface area (Å²) in [4.78, 5) is 29.6. The Labute approximate surface area is 330 Å². The summed E-state index contributed by atoms with van der Waals surface area (Å²) in [6.07, 6.45) is -0.704. The zero-order valence-corrected chi connectivity index (χ0v) is 37.8. The highest BCUT2D eigenvalue weighted by Gasteiger charge is 2.50. The predicted octanol–water partition coefficient (Wildman–Crippen LogP) is 6.64. The number of Topliss-reactive ketones (excluding diaryl/α,β-unsaturated/α-hetero) is 1. The molecule has 0 saturated carbocycles. The van der Waals surface area contributed by atoms with Crippen LogP contribution in [0.5, 0.6) is 0 Å². The number of hydrogen-bond acceptors (Lipinski definition) is 12. The maximum atomic E-state index is 13.7. The van der Waals surface area contributed by atoms with Crippen molar-refractivity contribution in [1.82, 2.24) is 4.90 Å². The molecular formula is C42H85NO11. The summed E-state index contributed by atoms with van der Waals surface area (Å²) in [5, 5.41) is 29.2. The molecule has 3 heterocycles. The van der Waals surface area contributed by atoms with Crippen molar-refractivity contribution in [3.63, 3.8) is 0 Å². The monoisotopic (exact) mass is 780 g/mol. The van der Waals surface area contributed by atoms with Crippen molar-refractivity contribution in [3.8, 4) is 0 Å². The quantitative estimate of drug-likeness (QED) is 0.248. The van der Waals surface area contributed by atoms with Crippen molar-refractivity contribution < 1.29 is 53.3 Å². The van der Waals surface area contributed by atoms with Crippen LogP contribution in [0.3, 0.4) is 0 Å². The van der Waals surface area contributed by atoms with Crippen molar-refractivity contribution in [1.29, 1.82) is 0 Å². The van der Waals surface area contributed by atoms with Gasteiger partial charge in [-0.3, -0.25) is 9.59 Å². The van der Waals surface area contributed by atoms with E-state index in [0.717, 1.165) is 20.0 Å². The molecular weight excluding hydrogens is 694 g/mol. The molecule has 12 nitrogen and oxygen atoms in total. The second-order valence-corrected chi connectivity index (χ2v) is 15.4. The molecule has 3 fully saturated rings. The smallest absolute Gasteiger partial charge is 0.311 e. The zero-order chi connectivity index (χ0) is 42.7. The van der Waals surface area contributed by atoms with E-state index in [0.29, 0.717) is 18.8 Å². The fraction of sp³-hybridized carbons (Fsp3) is 0.952. The van der Waals surface area contributed by atoms with Crippen LogP contribution in [0.1, 0.15) is 136 Å². The fourth-order valence-electron chi connectivity index (χ4n) is 7.80. The summed E-state index contributed by atoms with van der Waals surface area (Å²) in [5.41, 5.74) is -2.88. The Kier molecular flexibility index (Phi) is 27.1. The number of ketones is 1. The largest absolute Gasteiger partial charge is 0.462 e. The molecule has 0 spiro atoms. The van der Waals surface area contributed by atoms with Crippen LogP contribution in [-0.2, 0) is 38.0 Å². The van der Waals surface area contributed by atoms with Crippen LogP contribution in [-0.4, -0.2) is 127 Å². The number of nitrogens with zero attached hydrogens (tertiary/aromatic N) is 1. The Morgan fingerprint density at radius 3 is 1.74 bits per heavy atom. The van der Waals surface area contributed by atoms with E-state index in [4.69, 9.17) is 33.5 Å². The number of esters is 1. The summed E-state index contributed by atoms with van der Waals surface area (Å²) < 4.78 is 38.1. The summed E-state index contributed by atoms with van der Waals surface area (Å²) >= 11 is 0. The number of carbonyl (C=O) groups is 2. The van der Waals surface area contributed by atoms with Gasteiger partial charge in [0.15, 0.2) is 12.6 Å². The van der Waals surface area contributed by atoms with Crippen LogP contribution in [0.25, 0.3) is 0 Å². The van der Waals surface area contributed by atoms with E-state index in [2.05, 4.69) is 11.8 Å². The first-order valence-corrected chi connectivity index (χ1v) is 20.7. The second-order valence-electron chi connectivity index (χ2n) is 15.4. The normalized spacial score (nSPS) is 40.8. The molecule has 3 N–H and O–H groups in total. The molecule has 0 bridgehead atoms. The number of aliphatic hydroxyl groups excluding tert-OH is 2. The van der Waals surface area contributed by atoms with Crippen LogP contribution in [0.2, 0.25) is 0 Å². The van der Waals surface area contributed by atoms with Crippen LogP contribution >= 0.6 is 0 Å². The third-order valence-electron chi connectivity index (χ3n) is 10.7. The van der Waals surface area contributed by atoms with Gasteiger partial charge in [-0.2, -0.15) is 0 Å². The first-order chi connectivity index (χ1) is 25.3. The highest BCUT2D eigenvalue weighted by Crippen LogP contribution is 2.40. The van der Waals surface area contributed by atoms with Crippen LogP contribution in [0.4, 0.5) is 0 Å². The van der Waals surface area contributed by atoms with Crippen LogP contribution in [0.15, 0.2) is 0 Å². The van der Waals surface area contributed by atoms with E-state index < -0.39 is 78.3 Å². The van der Waals surface area contributed by atoms with Crippen molar-refractivity contribution in [2.24, 2.45) is 29.6 Å². The second kappa shape index (κ2) is 26.7. The van der Waals surface area contributed by atoms with E-state index in [1.54, 1.807) is 21.0 Å². The summed E-state index contributed by atoms with van der Waals surface area (Å²) in [7, 11) is 6.69. The van der Waals surface area contributed by atoms with Gasteiger partial charge in [0.1, 0.15) is 18.0 Å². The molecule has 54 heavy (non-hydrogen) atoms. The molecule has 0 aromatic carbocycles. The molecule has 324 valence electrons. The van der Waals surface area contributed by atoms with Crippen molar-refractivity contribution >= 4 is 11.8 Å². The van der Waals surface area contributed by atoms with E-state index in [9.17, 15) is 19.8 Å². The van der Waals surface area contributed by atoms with E-state index in [-0.39, 0.29) is 30.5 Å². The molecule has 3 aliphatic heterocycles. The number of cyclic esters (lactones) is 1. The molecule has 0 aliphatic carbocycles. The van der Waals surface area contributed by atoms with E-state index in [1.165, 1.54) is 6.92 Å². The number of ether oxygens (including phenoxy) is 6. The topological polar surface area (TPSA) is 153 Å². The number of aliphatic hydroxyl groups is 3. The van der Waals surface area contributed by atoms with Gasteiger partial charge in [-0.15, -0.1) is 0 Å². The minimum absolute atomic E-state index is 0.00774. The molecule has 3 rings (SSSR count). The third kappa shape index (κ3) is 16.0. The summed E-state index contributed by atoms with van der Waals surface area (Å²) in [5.74, 6) is -3.21. The zero-order valence-electron chi connectivity index (χ0n) is 37.8. The average molecular weight is 780 g/mol. The van der Waals surface area contributed by atoms with E-state index in [1.807, 2.05) is 90.3 Å². The molecule has 8 unspecified atom stereocenters. The van der Waals surface area contributed by atoms with Gasteiger partial charge in [-0.05, 0) is 73.9 Å². The molecule has 15 atom stereocenters. The lowest BCUT2D eigenvalue weighted by Crippen LogP contribution is -2.57. The lowest BCUT2D eigenvalue weighted by molar-refractivity contribution is -0.286. The number of methoxy groups -OCH3 is 1. The Hall–Kier alpha value is -1.22. The molecule has 0 amide bonds. The van der Waals surface area contributed by atoms with E-state index >= 15 is 0 Å². The highest BCUT2D eigenvalue weighted by atomic mass is 16.7. The first kappa shape index (κ1) is 54.9. The van der Waals surface area contributed by atoms with Gasteiger partial charge in [-0.25, -0.2) is 0 Å². The Morgan fingerprint density at radius 2 is 1.26 bits per heavy atom. The summed E-state index contributed by atoms with van der Waals surface area (Å²) in [6.45, 7) is 28.1. The van der Waals surface area contributed by atoms with Gasteiger partial charge in [-0.1, -0.05) is 69.2 Å². The Bertz CT molecular complexity index is 1000. The lowest BCUT2D eigenvalue weighted by Gasteiger charge is -2.48. The third-order valence-corrected chi connectivity index (χ3v) is 10.7. The van der Waals surface area contributed by atoms with Gasteiger partial charge in [0, 0.05) is 50.9 Å². The molecule has 12 heteroatoms. The van der Waals surface area contributed by atoms with Gasteiger partial charge in [0.25, 0.3) is 0 Å². The van der Waals surface area contributed by atoms with Gasteiger partial charge in [0.05, 0.1) is 42.0 Å². The van der Waals surface area contributed by atoms with Gasteiger partial charge in [0.2, 0.25) is 0 Å². The van der Waals surface area contributed by atoms with Gasteiger partial charge >= 0.3 is 5.97 Å². The minimum atomic E-state index is -1.85. The van der Waals surface area contributed by atoms with Gasteiger partial charge < -0.3 is 48.6 Å². The fourth-order valence-corrected chi connectivity index (χ4v) is 7.80. The van der Waals surface area contributed by atoms with Crippen molar-refractivity contribution in [2.75, 3.05) is 34.9 Å². The average Bonchev–Trinajstić information content (AvgIpc) is 3.15. The van der Waals surface area contributed by atoms with Crippen molar-refractivity contribution in [2.45, 2.75) is 196 Å². The number of carbonyl (C=O) groups excluding carboxylic acids is 2. The molecule has 0 aromatic heterocycles. The van der Waals surface area contributed by atoms with Crippen LogP contribution < -0.4 is 0 Å². The number of rotatable bonds is 6. The van der Waals surface area contributed by atoms with Crippen molar-refractivity contribution in [3.05, 3.63) is 0 Å². The summed E-state index contributed by atoms with van der Waals surface area (Å²) in [6, 6.07) is 0.242.